The number of carbonyl (C=O) groups excluding carboxylic acids is 1. The van der Waals surface area contributed by atoms with Gasteiger partial charge in [0, 0.05) is 31.1 Å². The summed E-state index contributed by atoms with van der Waals surface area (Å²) in [6.07, 6.45) is 6.07. The molecule has 0 bridgehead atoms. The molecule has 1 fully saturated rings. The topological polar surface area (TPSA) is 69.9 Å². The van der Waals surface area contributed by atoms with Crippen LogP contribution in [0.1, 0.15) is 43.4 Å². The van der Waals surface area contributed by atoms with Gasteiger partial charge in [0.15, 0.2) is 5.96 Å². The first-order valence-corrected chi connectivity index (χ1v) is 9.76. The number of rotatable bonds is 5. The van der Waals surface area contributed by atoms with Gasteiger partial charge in [0.1, 0.15) is 17.9 Å². The number of hydrogen-bond donors (Lipinski definition) is 2. The Kier molecular flexibility index (Phi) is 8.59. The molecule has 7 heteroatoms. The Balaban J connectivity index is 0.00000280. The van der Waals surface area contributed by atoms with Crippen LogP contribution < -0.4 is 10.6 Å². The molecular weight excluding hydrogens is 467 g/mol. The Hall–Kier alpha value is -1.77. The number of aryl methyl sites for hydroxylation is 1. The number of furan rings is 1. The van der Waals surface area contributed by atoms with E-state index in [1.165, 1.54) is 19.3 Å². The smallest absolute Gasteiger partial charge is 0.243 e. The highest BCUT2D eigenvalue weighted by Gasteiger charge is 2.16. The minimum Gasteiger partial charge on any atom is -0.459 e. The van der Waals surface area contributed by atoms with Crippen molar-refractivity contribution in [1.29, 1.82) is 0 Å². The second-order valence-corrected chi connectivity index (χ2v) is 7.43. The normalized spacial score (nSPS) is 15.2. The Morgan fingerprint density at radius 1 is 1.21 bits per heavy atom. The highest BCUT2D eigenvalue weighted by Crippen LogP contribution is 2.24. The van der Waals surface area contributed by atoms with E-state index in [2.05, 4.69) is 28.6 Å². The van der Waals surface area contributed by atoms with Gasteiger partial charge in [0.25, 0.3) is 0 Å². The van der Waals surface area contributed by atoms with Gasteiger partial charge < -0.3 is 20.0 Å². The van der Waals surface area contributed by atoms with Gasteiger partial charge in [0.05, 0.1) is 6.54 Å². The van der Waals surface area contributed by atoms with E-state index < -0.39 is 0 Å². The van der Waals surface area contributed by atoms with Crippen LogP contribution >= 0.6 is 24.0 Å². The van der Waals surface area contributed by atoms with Crippen LogP contribution in [0.25, 0.3) is 11.0 Å². The Morgan fingerprint density at radius 3 is 2.61 bits per heavy atom. The third kappa shape index (κ3) is 5.86. The fourth-order valence-corrected chi connectivity index (χ4v) is 3.44. The first-order chi connectivity index (χ1) is 13.0. The Morgan fingerprint density at radius 2 is 1.93 bits per heavy atom. The number of aliphatic imine (C=N–C) groups is 1. The molecule has 1 heterocycles. The Bertz CT molecular complexity index is 810. The largest absolute Gasteiger partial charge is 0.459 e. The van der Waals surface area contributed by atoms with Crippen molar-refractivity contribution < 1.29 is 9.21 Å². The van der Waals surface area contributed by atoms with Crippen molar-refractivity contribution in [3.8, 4) is 0 Å². The van der Waals surface area contributed by atoms with Gasteiger partial charge in [-0.1, -0.05) is 37.5 Å². The maximum atomic E-state index is 11.9. The molecule has 1 aliphatic carbocycles. The average molecular weight is 498 g/mol. The minimum absolute atomic E-state index is 0. The molecule has 0 aliphatic heterocycles. The summed E-state index contributed by atoms with van der Waals surface area (Å²) < 4.78 is 5.98. The third-order valence-corrected chi connectivity index (χ3v) is 5.18. The van der Waals surface area contributed by atoms with Crippen molar-refractivity contribution in [2.45, 2.75) is 51.6 Å². The van der Waals surface area contributed by atoms with Crippen molar-refractivity contribution in [3.63, 3.8) is 0 Å². The number of carbonyl (C=O) groups is 1. The van der Waals surface area contributed by atoms with Crippen molar-refractivity contribution in [1.82, 2.24) is 15.5 Å². The maximum Gasteiger partial charge on any atom is 0.243 e. The monoisotopic (exact) mass is 498 g/mol. The molecular formula is C21H31IN4O2. The first kappa shape index (κ1) is 22.5. The molecule has 2 aromatic rings. The van der Waals surface area contributed by atoms with E-state index in [1.54, 1.807) is 19.0 Å². The van der Waals surface area contributed by atoms with Crippen molar-refractivity contribution >= 4 is 46.8 Å². The molecule has 6 nitrogen and oxygen atoms in total. The number of nitrogens with one attached hydrogen (secondary N) is 2. The summed E-state index contributed by atoms with van der Waals surface area (Å²) in [4.78, 5) is 18.0. The number of hydrogen-bond acceptors (Lipinski definition) is 3. The number of benzene rings is 1. The molecule has 1 aromatic heterocycles. The van der Waals surface area contributed by atoms with Gasteiger partial charge in [-0.25, -0.2) is 4.99 Å². The average Bonchev–Trinajstić information content (AvgIpc) is 3.00. The fourth-order valence-electron chi connectivity index (χ4n) is 3.44. The highest BCUT2D eigenvalue weighted by atomic mass is 127. The molecule has 2 N–H and O–H groups in total. The molecule has 0 radical (unpaired) electrons. The van der Waals surface area contributed by atoms with E-state index in [4.69, 9.17) is 4.42 Å². The zero-order chi connectivity index (χ0) is 19.2. The third-order valence-electron chi connectivity index (χ3n) is 5.18. The lowest BCUT2D eigenvalue weighted by atomic mass is 9.96. The molecule has 0 saturated heterocycles. The molecule has 0 spiro atoms. The number of amides is 1. The lowest BCUT2D eigenvalue weighted by Gasteiger charge is -2.25. The molecule has 154 valence electrons. The van der Waals surface area contributed by atoms with E-state index >= 15 is 0 Å². The fraction of sp³-hybridized carbons (Fsp3) is 0.524. The predicted molar refractivity (Wildman–Crippen MR) is 124 cm³/mol. The van der Waals surface area contributed by atoms with Crippen molar-refractivity contribution in [3.05, 3.63) is 35.6 Å². The number of fused-ring (bicyclic) bond motifs is 1. The molecule has 1 amide bonds. The van der Waals surface area contributed by atoms with Crippen LogP contribution in [0.15, 0.2) is 33.7 Å². The van der Waals surface area contributed by atoms with Crippen molar-refractivity contribution in [2.75, 3.05) is 20.6 Å². The van der Waals surface area contributed by atoms with Crippen LogP contribution in [0.2, 0.25) is 0 Å². The van der Waals surface area contributed by atoms with Crippen molar-refractivity contribution in [2.24, 2.45) is 4.99 Å². The lowest BCUT2D eigenvalue weighted by Crippen LogP contribution is -2.44. The van der Waals surface area contributed by atoms with Crippen LogP contribution in [0.3, 0.4) is 0 Å². The summed E-state index contributed by atoms with van der Waals surface area (Å²) in [5.74, 6) is 1.56. The van der Waals surface area contributed by atoms with E-state index in [-0.39, 0.29) is 36.4 Å². The zero-order valence-corrected chi connectivity index (χ0v) is 19.3. The predicted octanol–water partition coefficient (Wildman–Crippen LogP) is 3.82. The second kappa shape index (κ2) is 10.7. The molecule has 0 unspecified atom stereocenters. The summed E-state index contributed by atoms with van der Waals surface area (Å²) in [6.45, 7) is 2.74. The van der Waals surface area contributed by atoms with Crippen LogP contribution in [-0.4, -0.2) is 43.4 Å². The van der Waals surface area contributed by atoms with E-state index in [0.29, 0.717) is 18.5 Å². The van der Waals surface area contributed by atoms with Gasteiger partial charge >= 0.3 is 0 Å². The number of halogens is 1. The van der Waals surface area contributed by atoms with Gasteiger partial charge in [-0.15, -0.1) is 24.0 Å². The van der Waals surface area contributed by atoms with Crippen LogP contribution in [-0.2, 0) is 11.3 Å². The maximum absolute atomic E-state index is 11.9. The van der Waals surface area contributed by atoms with E-state index in [9.17, 15) is 4.79 Å². The quantitative estimate of drug-likeness (QED) is 0.374. The standard InChI is InChI=1S/C21H30N4O2.HI/c1-15-17-11-7-8-12-18(17)27-19(15)13-22-21(23-14-20(26)25(2)3)24-16-9-5-4-6-10-16;/h7-8,11-12,16H,4-6,9-10,13-14H2,1-3H3,(H2,22,23,24);1H. The summed E-state index contributed by atoms with van der Waals surface area (Å²) in [5, 5.41) is 7.99. The minimum atomic E-state index is -0.0142. The number of guanidine groups is 1. The summed E-state index contributed by atoms with van der Waals surface area (Å²) in [5.41, 5.74) is 2.03. The lowest BCUT2D eigenvalue weighted by molar-refractivity contribution is -0.127. The summed E-state index contributed by atoms with van der Waals surface area (Å²) >= 11 is 0. The number of likely N-dealkylation sites (N-methyl/N-ethyl adjacent to an activating group) is 1. The summed E-state index contributed by atoms with van der Waals surface area (Å²) in [6, 6.07) is 8.47. The molecule has 1 saturated carbocycles. The second-order valence-electron chi connectivity index (χ2n) is 7.43. The van der Waals surface area contributed by atoms with Gasteiger partial charge in [-0.3, -0.25) is 4.79 Å². The van der Waals surface area contributed by atoms with Crippen LogP contribution in [0, 0.1) is 6.92 Å². The zero-order valence-electron chi connectivity index (χ0n) is 17.0. The molecule has 0 atom stereocenters. The van der Waals surface area contributed by atoms with Gasteiger partial charge in [-0.05, 0) is 25.8 Å². The molecule has 1 aromatic carbocycles. The molecule has 3 rings (SSSR count). The first-order valence-electron chi connectivity index (χ1n) is 9.76. The number of para-hydroxylation sites is 1. The Labute approximate surface area is 184 Å². The van der Waals surface area contributed by atoms with Gasteiger partial charge in [0.2, 0.25) is 5.91 Å². The van der Waals surface area contributed by atoms with Gasteiger partial charge in [-0.2, -0.15) is 0 Å². The molecule has 1 aliphatic rings. The highest BCUT2D eigenvalue weighted by molar-refractivity contribution is 14.0. The van der Waals surface area contributed by atoms with Crippen LogP contribution in [0.4, 0.5) is 0 Å². The van der Waals surface area contributed by atoms with E-state index in [0.717, 1.165) is 35.1 Å². The van der Waals surface area contributed by atoms with Crippen LogP contribution in [0.5, 0.6) is 0 Å². The SMILES string of the molecule is Cc1c(CNC(=NCC(=O)N(C)C)NC2CCCCC2)oc2ccccc12.I. The summed E-state index contributed by atoms with van der Waals surface area (Å²) in [7, 11) is 3.49. The molecule has 28 heavy (non-hydrogen) atoms. The van der Waals surface area contributed by atoms with E-state index in [1.807, 2.05) is 18.2 Å². The number of nitrogens with zero attached hydrogens (tertiary/aromatic N) is 2.